The van der Waals surface area contributed by atoms with Crippen LogP contribution in [0.1, 0.15) is 36.8 Å². The van der Waals surface area contributed by atoms with E-state index in [1.807, 2.05) is 30.3 Å². The monoisotopic (exact) mass is 289 g/mol. The average Bonchev–Trinajstić information content (AvgIpc) is 3.07. The van der Waals surface area contributed by atoms with Crippen LogP contribution in [0, 0.1) is 0 Å². The molecule has 0 spiro atoms. The fraction of sp³-hybridized carbons (Fsp3) is 0.467. The number of aliphatic hydroxyl groups is 1. The molecule has 1 aromatic carbocycles. The molecule has 0 aliphatic carbocycles. The highest BCUT2D eigenvalue weighted by atomic mass is 32.1. The van der Waals surface area contributed by atoms with Crippen molar-refractivity contribution in [2.45, 2.75) is 31.8 Å². The van der Waals surface area contributed by atoms with Crippen molar-refractivity contribution in [1.82, 2.24) is 10.2 Å². The van der Waals surface area contributed by atoms with E-state index < -0.39 is 5.60 Å². The number of hydrogen-bond acceptors (Lipinski definition) is 5. The number of benzene rings is 1. The van der Waals surface area contributed by atoms with Crippen molar-refractivity contribution in [3.05, 3.63) is 40.9 Å². The predicted molar refractivity (Wildman–Crippen MR) is 81.2 cm³/mol. The van der Waals surface area contributed by atoms with Gasteiger partial charge in [-0.25, -0.2) is 0 Å². The van der Waals surface area contributed by atoms with Gasteiger partial charge in [-0.05, 0) is 12.0 Å². The van der Waals surface area contributed by atoms with Gasteiger partial charge < -0.3 is 10.0 Å². The van der Waals surface area contributed by atoms with Crippen LogP contribution < -0.4 is 4.90 Å². The summed E-state index contributed by atoms with van der Waals surface area (Å²) in [6.07, 6.45) is 0.730. The van der Waals surface area contributed by atoms with Gasteiger partial charge in [-0.3, -0.25) is 0 Å². The second-order valence-electron chi connectivity index (χ2n) is 5.65. The Morgan fingerprint density at radius 3 is 2.65 bits per heavy atom. The number of nitrogens with zero attached hydrogens (tertiary/aromatic N) is 3. The van der Waals surface area contributed by atoms with Crippen LogP contribution in [0.2, 0.25) is 0 Å². The molecule has 2 heterocycles. The van der Waals surface area contributed by atoms with Crippen LogP contribution in [0.3, 0.4) is 0 Å². The molecule has 1 saturated heterocycles. The molecule has 20 heavy (non-hydrogen) atoms. The molecule has 106 valence electrons. The van der Waals surface area contributed by atoms with Gasteiger partial charge in [0, 0.05) is 12.5 Å². The normalized spacial score (nSPS) is 22.7. The molecule has 0 unspecified atom stereocenters. The minimum Gasteiger partial charge on any atom is -0.383 e. The number of rotatable bonds is 3. The van der Waals surface area contributed by atoms with E-state index in [-0.39, 0.29) is 0 Å². The molecule has 3 rings (SSSR count). The molecule has 1 N–H and O–H groups in total. The summed E-state index contributed by atoms with van der Waals surface area (Å²) in [5, 5.41) is 21.3. The van der Waals surface area contributed by atoms with Crippen LogP contribution in [-0.2, 0) is 5.60 Å². The standard InChI is InChI=1S/C15H19N3OS/c1-11(2)13-16-17-14(20-13)18-9-8-15(19,10-18)12-6-4-3-5-7-12/h3-7,11,19H,8-10H2,1-2H3/t15-/m0/s1. The van der Waals surface area contributed by atoms with Gasteiger partial charge >= 0.3 is 0 Å². The summed E-state index contributed by atoms with van der Waals surface area (Å²) in [5.74, 6) is 0.400. The Morgan fingerprint density at radius 1 is 1.25 bits per heavy atom. The lowest BCUT2D eigenvalue weighted by molar-refractivity contribution is 0.0607. The Morgan fingerprint density at radius 2 is 2.00 bits per heavy atom. The topological polar surface area (TPSA) is 49.2 Å². The van der Waals surface area contributed by atoms with E-state index in [1.54, 1.807) is 11.3 Å². The molecular weight excluding hydrogens is 270 g/mol. The first-order chi connectivity index (χ1) is 9.58. The summed E-state index contributed by atoms with van der Waals surface area (Å²) in [4.78, 5) is 2.14. The first-order valence-corrected chi connectivity index (χ1v) is 7.76. The molecule has 0 amide bonds. The molecule has 1 aliphatic rings. The summed E-state index contributed by atoms with van der Waals surface area (Å²) in [5.41, 5.74) is 0.210. The van der Waals surface area contributed by atoms with Crippen molar-refractivity contribution in [3.63, 3.8) is 0 Å². The first-order valence-electron chi connectivity index (χ1n) is 6.95. The molecule has 4 nitrogen and oxygen atoms in total. The van der Waals surface area contributed by atoms with Gasteiger partial charge in [-0.2, -0.15) is 0 Å². The zero-order chi connectivity index (χ0) is 14.2. The minimum atomic E-state index is -0.773. The Balaban J connectivity index is 1.79. The van der Waals surface area contributed by atoms with Crippen molar-refractivity contribution in [2.75, 3.05) is 18.0 Å². The average molecular weight is 289 g/mol. The number of hydrogen-bond donors (Lipinski definition) is 1. The Kier molecular flexibility index (Phi) is 3.48. The first kappa shape index (κ1) is 13.5. The molecule has 0 saturated carbocycles. The fourth-order valence-electron chi connectivity index (χ4n) is 2.53. The lowest BCUT2D eigenvalue weighted by Gasteiger charge is -2.23. The van der Waals surface area contributed by atoms with E-state index in [4.69, 9.17) is 0 Å². The second kappa shape index (κ2) is 5.14. The maximum absolute atomic E-state index is 10.8. The Bertz CT molecular complexity index is 584. The van der Waals surface area contributed by atoms with Crippen molar-refractivity contribution < 1.29 is 5.11 Å². The van der Waals surface area contributed by atoms with Crippen LogP contribution in [0.25, 0.3) is 0 Å². The lowest BCUT2D eigenvalue weighted by atomic mass is 9.93. The van der Waals surface area contributed by atoms with Crippen LogP contribution in [0.5, 0.6) is 0 Å². The van der Waals surface area contributed by atoms with Crippen molar-refractivity contribution in [2.24, 2.45) is 0 Å². The van der Waals surface area contributed by atoms with Crippen molar-refractivity contribution in [3.8, 4) is 0 Å². The summed E-state index contributed by atoms with van der Waals surface area (Å²) in [6, 6.07) is 9.89. The highest BCUT2D eigenvalue weighted by Gasteiger charge is 2.38. The summed E-state index contributed by atoms with van der Waals surface area (Å²) >= 11 is 1.63. The number of β-amino-alcohol motifs (C(OH)–C–C–N with tert-alkyl or cyclic N) is 1. The van der Waals surface area contributed by atoms with Crippen LogP contribution >= 0.6 is 11.3 Å². The highest BCUT2D eigenvalue weighted by molar-refractivity contribution is 7.15. The van der Waals surface area contributed by atoms with E-state index in [0.717, 1.165) is 28.7 Å². The largest absolute Gasteiger partial charge is 0.383 e. The predicted octanol–water partition coefficient (Wildman–Crippen LogP) is 2.76. The second-order valence-corrected chi connectivity index (χ2v) is 6.63. The zero-order valence-corrected chi connectivity index (χ0v) is 12.6. The molecule has 0 radical (unpaired) electrons. The highest BCUT2D eigenvalue weighted by Crippen LogP contribution is 2.36. The maximum Gasteiger partial charge on any atom is 0.208 e. The SMILES string of the molecule is CC(C)c1nnc(N2CC[C@@](O)(c3ccccc3)C2)s1. The van der Waals surface area contributed by atoms with Gasteiger partial charge in [0.15, 0.2) is 0 Å². The van der Waals surface area contributed by atoms with E-state index in [2.05, 4.69) is 28.9 Å². The third-order valence-corrected chi connectivity index (χ3v) is 5.04. The van der Waals surface area contributed by atoms with Gasteiger partial charge in [0.1, 0.15) is 10.6 Å². The van der Waals surface area contributed by atoms with E-state index in [1.165, 1.54) is 0 Å². The fourth-order valence-corrected chi connectivity index (χ4v) is 3.40. The third kappa shape index (κ3) is 2.43. The molecule has 5 heteroatoms. The lowest BCUT2D eigenvalue weighted by Crippen LogP contribution is -2.30. The van der Waals surface area contributed by atoms with E-state index in [0.29, 0.717) is 12.5 Å². The third-order valence-electron chi connectivity index (χ3n) is 3.75. The van der Waals surface area contributed by atoms with Crippen molar-refractivity contribution >= 4 is 16.5 Å². The van der Waals surface area contributed by atoms with Crippen LogP contribution in [0.4, 0.5) is 5.13 Å². The smallest absolute Gasteiger partial charge is 0.208 e. The number of aromatic nitrogens is 2. The van der Waals surface area contributed by atoms with Crippen LogP contribution in [0.15, 0.2) is 30.3 Å². The van der Waals surface area contributed by atoms with Gasteiger partial charge in [-0.1, -0.05) is 55.5 Å². The molecule has 1 fully saturated rings. The van der Waals surface area contributed by atoms with Gasteiger partial charge in [0.25, 0.3) is 0 Å². The zero-order valence-electron chi connectivity index (χ0n) is 11.8. The molecule has 1 aliphatic heterocycles. The molecule has 2 aromatic rings. The minimum absolute atomic E-state index is 0.400. The van der Waals surface area contributed by atoms with Crippen LogP contribution in [-0.4, -0.2) is 28.4 Å². The quantitative estimate of drug-likeness (QED) is 0.944. The summed E-state index contributed by atoms with van der Waals surface area (Å²) in [7, 11) is 0. The van der Waals surface area contributed by atoms with Gasteiger partial charge in [-0.15, -0.1) is 10.2 Å². The Labute approximate surface area is 123 Å². The maximum atomic E-state index is 10.8. The van der Waals surface area contributed by atoms with E-state index >= 15 is 0 Å². The summed E-state index contributed by atoms with van der Waals surface area (Å²) < 4.78 is 0. The van der Waals surface area contributed by atoms with E-state index in [9.17, 15) is 5.11 Å². The molecular formula is C15H19N3OS. The molecule has 1 atom stereocenters. The Hall–Kier alpha value is -1.46. The number of anilines is 1. The van der Waals surface area contributed by atoms with Gasteiger partial charge in [0.05, 0.1) is 6.54 Å². The molecule has 1 aromatic heterocycles. The summed E-state index contributed by atoms with van der Waals surface area (Å²) in [6.45, 7) is 5.64. The van der Waals surface area contributed by atoms with Crippen molar-refractivity contribution in [1.29, 1.82) is 0 Å². The van der Waals surface area contributed by atoms with Gasteiger partial charge in [0.2, 0.25) is 5.13 Å². The molecule has 0 bridgehead atoms.